The Morgan fingerprint density at radius 1 is 1.03 bits per heavy atom. The fourth-order valence-corrected chi connectivity index (χ4v) is 4.44. The minimum atomic E-state index is -1.17. The number of carboxylic acids is 1. The van der Waals surface area contributed by atoms with E-state index in [2.05, 4.69) is 10.2 Å². The maximum atomic E-state index is 12.9. The molecule has 1 fully saturated rings. The largest absolute Gasteiger partial charge is 0.480 e. The van der Waals surface area contributed by atoms with Crippen LogP contribution in [0.4, 0.5) is 5.69 Å². The second-order valence-electron chi connectivity index (χ2n) is 7.75. The van der Waals surface area contributed by atoms with Gasteiger partial charge in [-0.15, -0.1) is 11.8 Å². The van der Waals surface area contributed by atoms with Crippen LogP contribution >= 0.6 is 23.4 Å². The van der Waals surface area contributed by atoms with Crippen LogP contribution in [0.25, 0.3) is 0 Å². The average Bonchev–Trinajstić information content (AvgIpc) is 2.82. The molecular weight excluding hydrogens is 462 g/mol. The summed E-state index contributed by atoms with van der Waals surface area (Å²) in [6, 6.07) is 14.5. The average molecular weight is 490 g/mol. The summed E-state index contributed by atoms with van der Waals surface area (Å²) in [5.41, 5.74) is 2.25. The Hall–Kier alpha value is -2.55. The summed E-state index contributed by atoms with van der Waals surface area (Å²) in [7, 11) is 0. The van der Waals surface area contributed by atoms with Gasteiger partial charge in [0.05, 0.1) is 0 Å². The van der Waals surface area contributed by atoms with Gasteiger partial charge in [-0.2, -0.15) is 0 Å². The predicted octanol–water partition coefficient (Wildman–Crippen LogP) is 3.49. The predicted molar refractivity (Wildman–Crippen MR) is 132 cm³/mol. The van der Waals surface area contributed by atoms with E-state index < -0.39 is 17.1 Å². The van der Waals surface area contributed by atoms with E-state index >= 15 is 0 Å². The fraction of sp³-hybridized carbons (Fsp3) is 0.375. The fourth-order valence-electron chi connectivity index (χ4n) is 3.63. The molecule has 0 aliphatic carbocycles. The van der Waals surface area contributed by atoms with Gasteiger partial charge in [-0.1, -0.05) is 30.7 Å². The summed E-state index contributed by atoms with van der Waals surface area (Å²) >= 11 is 6.99. The van der Waals surface area contributed by atoms with Crippen molar-refractivity contribution in [3.05, 3.63) is 64.7 Å². The van der Waals surface area contributed by atoms with E-state index in [-0.39, 0.29) is 5.91 Å². The van der Waals surface area contributed by atoms with Gasteiger partial charge in [0.15, 0.2) is 5.25 Å². The number of anilines is 1. The van der Waals surface area contributed by atoms with Crippen molar-refractivity contribution in [2.45, 2.75) is 18.6 Å². The van der Waals surface area contributed by atoms with Crippen LogP contribution in [-0.2, 0) is 16.0 Å². The highest BCUT2D eigenvalue weighted by Crippen LogP contribution is 2.17. The zero-order valence-corrected chi connectivity index (χ0v) is 20.1. The summed E-state index contributed by atoms with van der Waals surface area (Å²) in [5.74, 6) is -1.27. The van der Waals surface area contributed by atoms with E-state index in [1.54, 1.807) is 31.2 Å². The Morgan fingerprint density at radius 3 is 2.24 bits per heavy atom. The molecule has 2 aromatic rings. The topological polar surface area (TPSA) is 89.9 Å². The standard InChI is InChI=1S/C24H28ClN3O4S/c1-2-33-21(24(31)32)22(29)26-20-9-5-18(6-10-20)23(30)28-15-13-27(14-16-28)12-11-17-3-7-19(25)8-4-17/h3-10,21H,2,11-16H2,1H3,(H,26,29)(H,31,32). The molecule has 9 heteroatoms. The third-order valence-corrected chi connectivity index (χ3v) is 6.82. The number of carbonyl (C=O) groups excluding carboxylic acids is 2. The number of amides is 2. The number of halogens is 1. The first-order chi connectivity index (χ1) is 15.9. The zero-order chi connectivity index (χ0) is 23.8. The lowest BCUT2D eigenvalue weighted by atomic mass is 10.1. The summed E-state index contributed by atoms with van der Waals surface area (Å²) < 4.78 is 0. The summed E-state index contributed by atoms with van der Waals surface area (Å²) in [5, 5.41) is 11.4. The lowest BCUT2D eigenvalue weighted by Crippen LogP contribution is -2.49. The highest BCUT2D eigenvalue weighted by atomic mass is 35.5. The van der Waals surface area contributed by atoms with E-state index in [9.17, 15) is 19.5 Å². The molecule has 1 aliphatic rings. The molecule has 1 heterocycles. The van der Waals surface area contributed by atoms with Gasteiger partial charge in [0.2, 0.25) is 5.91 Å². The second-order valence-corrected chi connectivity index (χ2v) is 9.57. The first-order valence-corrected chi connectivity index (χ1v) is 12.3. The van der Waals surface area contributed by atoms with E-state index in [4.69, 9.17) is 11.6 Å². The molecular formula is C24H28ClN3O4S. The second kappa shape index (κ2) is 12.1. The number of hydrogen-bond acceptors (Lipinski definition) is 5. The number of nitrogens with one attached hydrogen (secondary N) is 1. The molecule has 0 radical (unpaired) electrons. The van der Waals surface area contributed by atoms with Crippen molar-refractivity contribution in [1.29, 1.82) is 0 Å². The monoisotopic (exact) mass is 489 g/mol. The van der Waals surface area contributed by atoms with Gasteiger partial charge in [0.25, 0.3) is 5.91 Å². The Morgan fingerprint density at radius 2 is 1.67 bits per heavy atom. The molecule has 2 aromatic carbocycles. The van der Waals surface area contributed by atoms with E-state index in [1.807, 2.05) is 29.2 Å². The van der Waals surface area contributed by atoms with Crippen molar-refractivity contribution in [3.63, 3.8) is 0 Å². The van der Waals surface area contributed by atoms with Gasteiger partial charge >= 0.3 is 5.97 Å². The maximum absolute atomic E-state index is 12.9. The van der Waals surface area contributed by atoms with Crippen LogP contribution in [0.15, 0.2) is 48.5 Å². The lowest BCUT2D eigenvalue weighted by molar-refractivity contribution is -0.138. The molecule has 1 unspecified atom stereocenters. The van der Waals surface area contributed by atoms with Gasteiger partial charge in [0, 0.05) is 49.0 Å². The minimum Gasteiger partial charge on any atom is -0.480 e. The number of carbonyl (C=O) groups is 3. The molecule has 1 saturated heterocycles. The molecule has 0 saturated carbocycles. The van der Waals surface area contributed by atoms with Gasteiger partial charge in [-0.25, -0.2) is 0 Å². The quantitative estimate of drug-likeness (QED) is 0.524. The van der Waals surface area contributed by atoms with Crippen LogP contribution in [0.1, 0.15) is 22.8 Å². The molecule has 0 bridgehead atoms. The van der Waals surface area contributed by atoms with E-state index in [0.717, 1.165) is 42.8 Å². The Bertz CT molecular complexity index is 961. The summed E-state index contributed by atoms with van der Waals surface area (Å²) in [6.45, 7) is 5.69. The number of carboxylic acid groups (broad SMARTS) is 1. The van der Waals surface area contributed by atoms with Crippen LogP contribution in [0.5, 0.6) is 0 Å². The molecule has 7 nitrogen and oxygen atoms in total. The van der Waals surface area contributed by atoms with E-state index in [0.29, 0.717) is 30.1 Å². The van der Waals surface area contributed by atoms with Crippen molar-refractivity contribution in [2.24, 2.45) is 0 Å². The Kier molecular flexibility index (Phi) is 9.17. The first-order valence-electron chi connectivity index (χ1n) is 10.9. The van der Waals surface area contributed by atoms with Crippen molar-refractivity contribution in [1.82, 2.24) is 9.80 Å². The minimum absolute atomic E-state index is 0.0461. The highest BCUT2D eigenvalue weighted by molar-refractivity contribution is 8.01. The number of hydrogen-bond donors (Lipinski definition) is 2. The number of aliphatic carboxylic acids is 1. The molecule has 176 valence electrons. The number of benzene rings is 2. The first kappa shape index (κ1) is 25.1. The van der Waals surface area contributed by atoms with Crippen molar-refractivity contribution < 1.29 is 19.5 Å². The molecule has 2 N–H and O–H groups in total. The number of rotatable bonds is 9. The number of piperazine rings is 1. The third-order valence-electron chi connectivity index (χ3n) is 5.48. The van der Waals surface area contributed by atoms with Crippen LogP contribution in [0.2, 0.25) is 5.02 Å². The van der Waals surface area contributed by atoms with Crippen LogP contribution in [-0.4, -0.2) is 76.4 Å². The third kappa shape index (κ3) is 7.22. The molecule has 1 atom stereocenters. The van der Waals surface area contributed by atoms with Gasteiger partial charge in [0.1, 0.15) is 0 Å². The SMILES string of the molecule is CCSC(C(=O)O)C(=O)Nc1ccc(C(=O)N2CCN(CCc3ccc(Cl)cc3)CC2)cc1. The van der Waals surface area contributed by atoms with Crippen LogP contribution in [0.3, 0.4) is 0 Å². The van der Waals surface area contributed by atoms with Crippen molar-refractivity contribution >= 4 is 46.8 Å². The Balaban J connectivity index is 1.48. The summed E-state index contributed by atoms with van der Waals surface area (Å²) in [4.78, 5) is 40.5. The van der Waals surface area contributed by atoms with Crippen LogP contribution in [0, 0.1) is 0 Å². The van der Waals surface area contributed by atoms with Gasteiger partial charge in [-0.05, 0) is 54.1 Å². The lowest BCUT2D eigenvalue weighted by Gasteiger charge is -2.34. The van der Waals surface area contributed by atoms with Crippen molar-refractivity contribution in [3.8, 4) is 0 Å². The highest BCUT2D eigenvalue weighted by Gasteiger charge is 2.26. The molecule has 0 aromatic heterocycles. The Labute approximate surface area is 203 Å². The van der Waals surface area contributed by atoms with Gasteiger partial charge < -0.3 is 15.3 Å². The van der Waals surface area contributed by atoms with Gasteiger partial charge in [-0.3, -0.25) is 19.3 Å². The molecule has 0 spiro atoms. The molecule has 33 heavy (non-hydrogen) atoms. The maximum Gasteiger partial charge on any atom is 0.326 e. The smallest absolute Gasteiger partial charge is 0.326 e. The van der Waals surface area contributed by atoms with E-state index in [1.165, 1.54) is 5.56 Å². The molecule has 1 aliphatic heterocycles. The summed E-state index contributed by atoms with van der Waals surface area (Å²) in [6.07, 6.45) is 0.942. The zero-order valence-electron chi connectivity index (χ0n) is 18.5. The number of nitrogens with zero attached hydrogens (tertiary/aromatic N) is 2. The molecule has 2 amide bonds. The molecule has 3 rings (SSSR count). The number of thioether (sulfide) groups is 1. The van der Waals surface area contributed by atoms with Crippen LogP contribution < -0.4 is 5.32 Å². The normalized spacial score (nSPS) is 15.2. The van der Waals surface area contributed by atoms with Crippen molar-refractivity contribution in [2.75, 3.05) is 43.8 Å².